The number of nitrogens with one attached hydrogen (secondary N) is 2. The van der Waals surface area contributed by atoms with Crippen molar-refractivity contribution in [2.75, 3.05) is 26.7 Å². The van der Waals surface area contributed by atoms with Crippen LogP contribution in [0.1, 0.15) is 6.42 Å². The zero-order valence-corrected chi connectivity index (χ0v) is 15.6. The topological polar surface area (TPSA) is 63.5 Å². The van der Waals surface area contributed by atoms with Crippen LogP contribution in [0.15, 0.2) is 54.0 Å². The van der Waals surface area contributed by atoms with Gasteiger partial charge in [0.05, 0.1) is 12.9 Å². The monoisotopic (exact) mass is 429 g/mol. The van der Waals surface area contributed by atoms with Gasteiger partial charge < -0.3 is 19.9 Å². The number of rotatable bonds is 8. The van der Waals surface area contributed by atoms with Crippen LogP contribution < -0.4 is 15.4 Å². The number of benzene rings is 1. The quantitative estimate of drug-likeness (QED) is 0.292. The van der Waals surface area contributed by atoms with E-state index in [1.165, 1.54) is 0 Å². The van der Waals surface area contributed by atoms with Crippen molar-refractivity contribution in [2.45, 2.75) is 13.0 Å². The molecule has 1 heterocycles. The van der Waals surface area contributed by atoms with Crippen molar-refractivity contribution in [3.05, 3.63) is 49.1 Å². The van der Waals surface area contributed by atoms with Crippen LogP contribution in [0, 0.1) is 0 Å². The van der Waals surface area contributed by atoms with Gasteiger partial charge in [-0.15, -0.1) is 24.0 Å². The van der Waals surface area contributed by atoms with Gasteiger partial charge in [0.1, 0.15) is 5.75 Å². The van der Waals surface area contributed by atoms with Crippen molar-refractivity contribution in [2.24, 2.45) is 4.99 Å². The highest BCUT2D eigenvalue weighted by Crippen LogP contribution is 2.07. The number of halogens is 1. The van der Waals surface area contributed by atoms with E-state index in [2.05, 4.69) is 20.6 Å². The van der Waals surface area contributed by atoms with Crippen LogP contribution in [0.3, 0.4) is 0 Å². The van der Waals surface area contributed by atoms with Crippen LogP contribution in [-0.2, 0) is 6.54 Å². The Labute approximate surface area is 154 Å². The van der Waals surface area contributed by atoms with Gasteiger partial charge in [0.25, 0.3) is 0 Å². The molecule has 1 aromatic carbocycles. The Morgan fingerprint density at radius 3 is 2.70 bits per heavy atom. The third-order valence-electron chi connectivity index (χ3n) is 3.07. The van der Waals surface area contributed by atoms with Crippen molar-refractivity contribution in [1.82, 2.24) is 20.2 Å². The minimum atomic E-state index is 0. The van der Waals surface area contributed by atoms with Gasteiger partial charge in [-0.25, -0.2) is 4.98 Å². The third kappa shape index (κ3) is 7.87. The smallest absolute Gasteiger partial charge is 0.191 e. The Bertz CT molecular complexity index is 545. The molecule has 2 N–H and O–H groups in total. The van der Waals surface area contributed by atoms with Crippen molar-refractivity contribution < 1.29 is 4.74 Å². The third-order valence-corrected chi connectivity index (χ3v) is 3.07. The van der Waals surface area contributed by atoms with E-state index in [9.17, 15) is 0 Å². The number of ether oxygens (including phenoxy) is 1. The van der Waals surface area contributed by atoms with Crippen LogP contribution in [0.5, 0.6) is 5.75 Å². The van der Waals surface area contributed by atoms with Crippen LogP contribution in [0.2, 0.25) is 0 Å². The lowest BCUT2D eigenvalue weighted by atomic mass is 10.3. The normalized spacial score (nSPS) is 10.7. The van der Waals surface area contributed by atoms with Gasteiger partial charge in [-0.2, -0.15) is 0 Å². The maximum Gasteiger partial charge on any atom is 0.191 e. The summed E-state index contributed by atoms with van der Waals surface area (Å²) in [6.45, 7) is 3.16. The Morgan fingerprint density at radius 1 is 1.22 bits per heavy atom. The van der Waals surface area contributed by atoms with Crippen molar-refractivity contribution >= 4 is 29.9 Å². The molecule has 6 nitrogen and oxygen atoms in total. The Hall–Kier alpha value is -1.77. The molecule has 0 bridgehead atoms. The molecular weight excluding hydrogens is 405 g/mol. The number of hydrogen-bond acceptors (Lipinski definition) is 3. The first-order chi connectivity index (χ1) is 10.9. The Balaban J connectivity index is 0.00000264. The number of hydrogen-bond donors (Lipinski definition) is 2. The Morgan fingerprint density at radius 2 is 2.00 bits per heavy atom. The van der Waals surface area contributed by atoms with Crippen LogP contribution in [0.25, 0.3) is 0 Å². The number of imidazole rings is 1. The summed E-state index contributed by atoms with van der Waals surface area (Å²) < 4.78 is 7.66. The van der Waals surface area contributed by atoms with Crippen LogP contribution >= 0.6 is 24.0 Å². The van der Waals surface area contributed by atoms with Crippen molar-refractivity contribution in [1.29, 1.82) is 0 Å². The molecule has 0 aliphatic carbocycles. The lowest BCUT2D eigenvalue weighted by Crippen LogP contribution is -2.39. The summed E-state index contributed by atoms with van der Waals surface area (Å²) in [6, 6.07) is 9.85. The highest BCUT2D eigenvalue weighted by Gasteiger charge is 1.97. The first kappa shape index (κ1) is 19.3. The van der Waals surface area contributed by atoms with E-state index in [0.29, 0.717) is 6.61 Å². The van der Waals surface area contributed by atoms with E-state index in [-0.39, 0.29) is 24.0 Å². The second-order valence-corrected chi connectivity index (χ2v) is 4.74. The molecule has 1 aromatic heterocycles. The number of aliphatic imine (C=N–C) groups is 1. The summed E-state index contributed by atoms with van der Waals surface area (Å²) in [5.74, 6) is 1.71. The molecule has 0 spiro atoms. The van der Waals surface area contributed by atoms with Crippen molar-refractivity contribution in [3.8, 4) is 5.75 Å². The molecule has 0 saturated heterocycles. The maximum absolute atomic E-state index is 5.64. The summed E-state index contributed by atoms with van der Waals surface area (Å²) in [4.78, 5) is 8.20. The lowest BCUT2D eigenvalue weighted by Gasteiger charge is -2.12. The number of aromatic nitrogens is 2. The van der Waals surface area contributed by atoms with Gasteiger partial charge >= 0.3 is 0 Å². The summed E-state index contributed by atoms with van der Waals surface area (Å²) >= 11 is 0. The molecule has 0 aliphatic heterocycles. The number of nitrogens with zero attached hydrogens (tertiary/aromatic N) is 3. The molecule has 0 amide bonds. The van der Waals surface area contributed by atoms with Gasteiger partial charge in [-0.3, -0.25) is 4.99 Å². The average molecular weight is 429 g/mol. The molecule has 2 aromatic rings. The predicted molar refractivity (Wildman–Crippen MR) is 104 cm³/mol. The molecule has 0 aliphatic rings. The number of para-hydroxylation sites is 1. The van der Waals surface area contributed by atoms with Gasteiger partial charge in [-0.1, -0.05) is 18.2 Å². The van der Waals surface area contributed by atoms with Crippen LogP contribution in [0.4, 0.5) is 0 Å². The average Bonchev–Trinajstić information content (AvgIpc) is 3.07. The van der Waals surface area contributed by atoms with E-state index in [1.54, 1.807) is 19.6 Å². The standard InChI is InChI=1S/C16H23N5O.HI/c1-17-16(20-10-12-21-11-9-18-14-21)19-8-5-13-22-15-6-3-2-4-7-15;/h2-4,6-7,9,11,14H,5,8,10,12-13H2,1H3,(H2,17,19,20);1H. The first-order valence-electron chi connectivity index (χ1n) is 7.46. The summed E-state index contributed by atoms with van der Waals surface area (Å²) in [6.07, 6.45) is 6.44. The maximum atomic E-state index is 5.64. The minimum absolute atomic E-state index is 0. The Kier molecular flexibility index (Phi) is 9.85. The molecule has 0 saturated carbocycles. The summed E-state index contributed by atoms with van der Waals surface area (Å²) in [5.41, 5.74) is 0. The zero-order chi connectivity index (χ0) is 15.5. The van der Waals surface area contributed by atoms with Gasteiger partial charge in [0.2, 0.25) is 0 Å². The predicted octanol–water partition coefficient (Wildman–Crippen LogP) is 2.14. The van der Waals surface area contributed by atoms with Crippen LogP contribution in [-0.4, -0.2) is 42.3 Å². The molecule has 7 heteroatoms. The summed E-state index contributed by atoms with van der Waals surface area (Å²) in [5, 5.41) is 6.54. The summed E-state index contributed by atoms with van der Waals surface area (Å²) in [7, 11) is 1.77. The molecule has 126 valence electrons. The lowest BCUT2D eigenvalue weighted by molar-refractivity contribution is 0.311. The first-order valence-corrected chi connectivity index (χ1v) is 7.46. The zero-order valence-electron chi connectivity index (χ0n) is 13.3. The molecular formula is C16H24IN5O. The van der Waals surface area contributed by atoms with E-state index in [1.807, 2.05) is 41.1 Å². The minimum Gasteiger partial charge on any atom is -0.494 e. The molecule has 2 rings (SSSR count). The van der Waals surface area contributed by atoms with Crippen molar-refractivity contribution in [3.63, 3.8) is 0 Å². The SMILES string of the molecule is CN=C(NCCCOc1ccccc1)NCCn1ccnc1.I. The van der Waals surface area contributed by atoms with E-state index >= 15 is 0 Å². The fourth-order valence-corrected chi connectivity index (χ4v) is 1.93. The largest absolute Gasteiger partial charge is 0.494 e. The highest BCUT2D eigenvalue weighted by molar-refractivity contribution is 14.0. The van der Waals surface area contributed by atoms with E-state index in [4.69, 9.17) is 4.74 Å². The number of guanidine groups is 1. The van der Waals surface area contributed by atoms with Gasteiger partial charge in [0, 0.05) is 39.1 Å². The van der Waals surface area contributed by atoms with Gasteiger partial charge in [-0.05, 0) is 18.6 Å². The molecule has 23 heavy (non-hydrogen) atoms. The fraction of sp³-hybridized carbons (Fsp3) is 0.375. The fourth-order valence-electron chi connectivity index (χ4n) is 1.93. The van der Waals surface area contributed by atoms with E-state index < -0.39 is 0 Å². The molecule has 0 radical (unpaired) electrons. The second-order valence-electron chi connectivity index (χ2n) is 4.74. The molecule has 0 atom stereocenters. The van der Waals surface area contributed by atoms with Gasteiger partial charge in [0.15, 0.2) is 5.96 Å². The molecule has 0 unspecified atom stereocenters. The second kappa shape index (κ2) is 11.8. The highest BCUT2D eigenvalue weighted by atomic mass is 127. The van der Waals surface area contributed by atoms with E-state index in [0.717, 1.165) is 37.8 Å². The molecule has 0 fully saturated rings.